The molecule has 1 heterocycles. The average molecular weight is 253 g/mol. The van der Waals surface area contributed by atoms with Gasteiger partial charge < -0.3 is 10.2 Å². The van der Waals surface area contributed by atoms with Crippen LogP contribution in [0.5, 0.6) is 0 Å². The molecular weight excluding hydrogens is 230 g/mol. The van der Waals surface area contributed by atoms with E-state index in [1.807, 2.05) is 17.8 Å². The largest absolute Gasteiger partial charge is 0.370 e. The monoisotopic (exact) mass is 253 g/mol. The van der Waals surface area contributed by atoms with E-state index in [-0.39, 0.29) is 0 Å². The van der Waals surface area contributed by atoms with E-state index in [4.69, 9.17) is 0 Å². The van der Waals surface area contributed by atoms with Crippen LogP contribution in [0.4, 0.5) is 11.6 Å². The summed E-state index contributed by atoms with van der Waals surface area (Å²) in [5, 5.41) is 3.32. The van der Waals surface area contributed by atoms with Crippen LogP contribution in [-0.4, -0.2) is 36.6 Å². The Morgan fingerprint density at radius 1 is 1.47 bits per heavy atom. The number of rotatable bonds is 7. The SMILES string of the molecule is CCCNc1cccc(N(C)C(C)CSC)n1. The van der Waals surface area contributed by atoms with Crippen LogP contribution >= 0.6 is 11.8 Å². The zero-order valence-corrected chi connectivity index (χ0v) is 12.0. The fourth-order valence-electron chi connectivity index (χ4n) is 1.55. The summed E-state index contributed by atoms with van der Waals surface area (Å²) in [4.78, 5) is 6.85. The molecule has 0 aliphatic heterocycles. The fourth-order valence-corrected chi connectivity index (χ4v) is 2.26. The molecule has 0 radical (unpaired) electrons. The van der Waals surface area contributed by atoms with Crippen molar-refractivity contribution in [3.63, 3.8) is 0 Å². The first-order valence-electron chi connectivity index (χ1n) is 6.11. The molecule has 0 fully saturated rings. The van der Waals surface area contributed by atoms with Crippen LogP contribution in [-0.2, 0) is 0 Å². The van der Waals surface area contributed by atoms with Gasteiger partial charge >= 0.3 is 0 Å². The fraction of sp³-hybridized carbons (Fsp3) is 0.615. The van der Waals surface area contributed by atoms with Crippen LogP contribution in [0.15, 0.2) is 18.2 Å². The van der Waals surface area contributed by atoms with E-state index in [1.54, 1.807) is 0 Å². The highest BCUT2D eigenvalue weighted by Gasteiger charge is 2.10. The molecule has 1 rings (SSSR count). The van der Waals surface area contributed by atoms with Gasteiger partial charge in [0, 0.05) is 25.4 Å². The van der Waals surface area contributed by atoms with Gasteiger partial charge in [-0.25, -0.2) is 4.98 Å². The van der Waals surface area contributed by atoms with Gasteiger partial charge in [-0.2, -0.15) is 11.8 Å². The predicted octanol–water partition coefficient (Wildman–Crippen LogP) is 3.09. The van der Waals surface area contributed by atoms with E-state index >= 15 is 0 Å². The van der Waals surface area contributed by atoms with E-state index in [9.17, 15) is 0 Å². The maximum absolute atomic E-state index is 4.62. The number of nitrogens with one attached hydrogen (secondary N) is 1. The van der Waals surface area contributed by atoms with Crippen molar-refractivity contribution < 1.29 is 0 Å². The lowest BCUT2D eigenvalue weighted by Crippen LogP contribution is -2.31. The third-order valence-corrected chi connectivity index (χ3v) is 3.54. The number of aromatic nitrogens is 1. The van der Waals surface area contributed by atoms with Crippen molar-refractivity contribution in [2.24, 2.45) is 0 Å². The molecule has 0 aromatic carbocycles. The molecule has 0 saturated carbocycles. The van der Waals surface area contributed by atoms with Crippen molar-refractivity contribution in [1.82, 2.24) is 4.98 Å². The third kappa shape index (κ3) is 4.46. The molecule has 3 nitrogen and oxygen atoms in total. The van der Waals surface area contributed by atoms with Crippen LogP contribution in [0.2, 0.25) is 0 Å². The van der Waals surface area contributed by atoms with E-state index < -0.39 is 0 Å². The summed E-state index contributed by atoms with van der Waals surface area (Å²) in [6.45, 7) is 5.36. The number of thioether (sulfide) groups is 1. The van der Waals surface area contributed by atoms with Crippen molar-refractivity contribution in [2.75, 3.05) is 35.8 Å². The summed E-state index contributed by atoms with van der Waals surface area (Å²) >= 11 is 1.87. The normalized spacial score (nSPS) is 12.2. The minimum atomic E-state index is 0.499. The minimum absolute atomic E-state index is 0.499. The van der Waals surface area contributed by atoms with E-state index in [1.165, 1.54) is 0 Å². The van der Waals surface area contributed by atoms with E-state index in [0.29, 0.717) is 6.04 Å². The summed E-state index contributed by atoms with van der Waals surface area (Å²) in [7, 11) is 2.10. The van der Waals surface area contributed by atoms with Gasteiger partial charge in [-0.1, -0.05) is 13.0 Å². The molecule has 17 heavy (non-hydrogen) atoms. The summed E-state index contributed by atoms with van der Waals surface area (Å²) in [6, 6.07) is 6.64. The van der Waals surface area contributed by atoms with Crippen LogP contribution in [0.1, 0.15) is 20.3 Å². The molecule has 0 spiro atoms. The molecule has 1 unspecified atom stereocenters. The lowest BCUT2D eigenvalue weighted by atomic mass is 10.3. The predicted molar refractivity (Wildman–Crippen MR) is 79.3 cm³/mol. The first-order chi connectivity index (χ1) is 8.19. The standard InChI is InChI=1S/C13H23N3S/c1-5-9-14-12-7-6-8-13(15-12)16(3)11(2)10-17-4/h6-8,11H,5,9-10H2,1-4H3,(H,14,15). The van der Waals surface area contributed by atoms with Crippen molar-refractivity contribution >= 4 is 23.4 Å². The van der Waals surface area contributed by atoms with Gasteiger partial charge in [0.15, 0.2) is 0 Å². The highest BCUT2D eigenvalue weighted by atomic mass is 32.2. The zero-order valence-electron chi connectivity index (χ0n) is 11.2. The van der Waals surface area contributed by atoms with Crippen molar-refractivity contribution in [3.8, 4) is 0 Å². The third-order valence-electron chi connectivity index (χ3n) is 2.72. The summed E-state index contributed by atoms with van der Waals surface area (Å²) in [6.07, 6.45) is 3.25. The van der Waals surface area contributed by atoms with Crippen LogP contribution in [0.25, 0.3) is 0 Å². The first kappa shape index (κ1) is 14.2. The second-order valence-electron chi connectivity index (χ2n) is 4.22. The Kier molecular flexibility index (Phi) is 6.19. The molecule has 1 atom stereocenters. The van der Waals surface area contributed by atoms with Gasteiger partial charge in [0.25, 0.3) is 0 Å². The molecule has 1 aromatic rings. The van der Waals surface area contributed by atoms with Crippen molar-refractivity contribution in [2.45, 2.75) is 26.3 Å². The minimum Gasteiger partial charge on any atom is -0.370 e. The Morgan fingerprint density at radius 3 is 2.88 bits per heavy atom. The molecule has 0 amide bonds. The van der Waals surface area contributed by atoms with Gasteiger partial charge in [-0.15, -0.1) is 0 Å². The molecule has 1 N–H and O–H groups in total. The van der Waals surface area contributed by atoms with Crippen molar-refractivity contribution in [3.05, 3.63) is 18.2 Å². The number of hydrogen-bond acceptors (Lipinski definition) is 4. The van der Waals surface area contributed by atoms with Crippen LogP contribution in [0, 0.1) is 0 Å². The van der Waals surface area contributed by atoms with E-state index in [2.05, 4.69) is 54.5 Å². The molecule has 1 aromatic heterocycles. The Labute approximate surface area is 109 Å². The Balaban J connectivity index is 2.69. The number of anilines is 2. The second-order valence-corrected chi connectivity index (χ2v) is 5.13. The van der Waals surface area contributed by atoms with Gasteiger partial charge in [0.1, 0.15) is 11.6 Å². The van der Waals surface area contributed by atoms with Gasteiger partial charge in [-0.3, -0.25) is 0 Å². The highest BCUT2D eigenvalue weighted by Crippen LogP contribution is 2.16. The molecule has 0 bridgehead atoms. The molecular formula is C13H23N3S. The van der Waals surface area contributed by atoms with E-state index in [0.717, 1.165) is 30.4 Å². The lowest BCUT2D eigenvalue weighted by molar-refractivity contribution is 0.753. The summed E-state index contributed by atoms with van der Waals surface area (Å²) < 4.78 is 0. The topological polar surface area (TPSA) is 28.2 Å². The molecule has 0 aliphatic rings. The zero-order chi connectivity index (χ0) is 12.7. The molecule has 0 saturated heterocycles. The molecule has 4 heteroatoms. The van der Waals surface area contributed by atoms with Crippen LogP contribution in [0.3, 0.4) is 0 Å². The Bertz CT molecular complexity index is 330. The van der Waals surface area contributed by atoms with Gasteiger partial charge in [-0.05, 0) is 31.7 Å². The summed E-state index contributed by atoms with van der Waals surface area (Å²) in [5.41, 5.74) is 0. The average Bonchev–Trinajstić information content (AvgIpc) is 2.36. The number of pyridine rings is 1. The lowest BCUT2D eigenvalue weighted by Gasteiger charge is -2.25. The number of nitrogens with zero attached hydrogens (tertiary/aromatic N) is 2. The van der Waals surface area contributed by atoms with Gasteiger partial charge in [0.2, 0.25) is 0 Å². The summed E-state index contributed by atoms with van der Waals surface area (Å²) in [5.74, 6) is 3.12. The van der Waals surface area contributed by atoms with Gasteiger partial charge in [0.05, 0.1) is 0 Å². The number of hydrogen-bond donors (Lipinski definition) is 1. The highest BCUT2D eigenvalue weighted by molar-refractivity contribution is 7.98. The maximum atomic E-state index is 4.62. The quantitative estimate of drug-likeness (QED) is 0.808. The first-order valence-corrected chi connectivity index (χ1v) is 7.51. The Morgan fingerprint density at radius 2 is 2.24 bits per heavy atom. The maximum Gasteiger partial charge on any atom is 0.130 e. The molecule has 96 valence electrons. The van der Waals surface area contributed by atoms with Crippen molar-refractivity contribution in [1.29, 1.82) is 0 Å². The Hall–Kier alpha value is -0.900. The molecule has 0 aliphatic carbocycles. The smallest absolute Gasteiger partial charge is 0.130 e. The second kappa shape index (κ2) is 7.43. The van der Waals surface area contributed by atoms with Crippen LogP contribution < -0.4 is 10.2 Å².